The first-order valence-electron chi connectivity index (χ1n) is 7.22. The zero-order chi connectivity index (χ0) is 15.4. The lowest BCUT2D eigenvalue weighted by Gasteiger charge is -2.30. The minimum absolute atomic E-state index is 0.0493. The van der Waals surface area contributed by atoms with Crippen molar-refractivity contribution in [2.45, 2.75) is 38.7 Å². The zero-order valence-electron chi connectivity index (χ0n) is 12.1. The van der Waals surface area contributed by atoms with Crippen LogP contribution in [0.4, 0.5) is 20.2 Å². The quantitative estimate of drug-likeness (QED) is 0.840. The van der Waals surface area contributed by atoms with Gasteiger partial charge in [-0.05, 0) is 44.4 Å². The van der Waals surface area contributed by atoms with E-state index in [4.69, 9.17) is 5.73 Å². The fourth-order valence-electron chi connectivity index (χ4n) is 2.58. The molecule has 6 heteroatoms. The van der Waals surface area contributed by atoms with Crippen molar-refractivity contribution in [3.63, 3.8) is 0 Å². The van der Waals surface area contributed by atoms with Crippen molar-refractivity contribution in [2.75, 3.05) is 24.1 Å². The van der Waals surface area contributed by atoms with Crippen LogP contribution in [0.1, 0.15) is 38.2 Å². The van der Waals surface area contributed by atoms with E-state index in [1.807, 2.05) is 0 Å². The van der Waals surface area contributed by atoms with Crippen molar-refractivity contribution in [1.82, 2.24) is 4.90 Å². The van der Waals surface area contributed by atoms with Crippen molar-refractivity contribution in [1.29, 1.82) is 0 Å². The van der Waals surface area contributed by atoms with Gasteiger partial charge in [-0.3, -0.25) is 4.79 Å². The third-order valence-electron chi connectivity index (χ3n) is 3.72. The van der Waals surface area contributed by atoms with E-state index in [1.165, 1.54) is 12.1 Å². The number of anilines is 2. The average molecular weight is 297 g/mol. The van der Waals surface area contributed by atoms with Crippen LogP contribution in [0.2, 0.25) is 0 Å². The highest BCUT2D eigenvalue weighted by atomic mass is 19.3. The number of alkyl halides is 2. The Hall–Kier alpha value is -1.85. The lowest BCUT2D eigenvalue weighted by Crippen LogP contribution is -2.44. The van der Waals surface area contributed by atoms with Crippen LogP contribution in [0.25, 0.3) is 0 Å². The van der Waals surface area contributed by atoms with E-state index in [0.717, 1.165) is 32.4 Å². The molecular weight excluding hydrogens is 276 g/mol. The molecule has 0 radical (unpaired) electrons. The topological polar surface area (TPSA) is 58.4 Å². The standard InChI is InChI=1S/C15H21F2N3O/c1-10(15(21)20-7-3-2-4-8-20)19-13-6-5-11(18)9-12(13)14(16)17/h5-6,9-10,14,19H,2-4,7-8,18H2,1H3. The first kappa shape index (κ1) is 15.5. The summed E-state index contributed by atoms with van der Waals surface area (Å²) in [7, 11) is 0. The van der Waals surface area contributed by atoms with Gasteiger partial charge in [-0.15, -0.1) is 0 Å². The van der Waals surface area contributed by atoms with Gasteiger partial charge in [0.05, 0.1) is 0 Å². The second kappa shape index (κ2) is 6.74. The number of amides is 1. The number of benzene rings is 1. The van der Waals surface area contributed by atoms with Crippen molar-refractivity contribution in [3.05, 3.63) is 23.8 Å². The third kappa shape index (κ3) is 3.83. The molecule has 3 N–H and O–H groups in total. The van der Waals surface area contributed by atoms with Crippen LogP contribution < -0.4 is 11.1 Å². The maximum atomic E-state index is 13.0. The lowest BCUT2D eigenvalue weighted by molar-refractivity contribution is -0.132. The Bertz CT molecular complexity index is 502. The maximum absolute atomic E-state index is 13.0. The molecule has 1 fully saturated rings. The molecule has 0 aliphatic carbocycles. The summed E-state index contributed by atoms with van der Waals surface area (Å²) in [5.41, 5.74) is 5.91. The minimum Gasteiger partial charge on any atom is -0.399 e. The molecule has 1 aliphatic rings. The molecule has 1 amide bonds. The molecule has 4 nitrogen and oxygen atoms in total. The predicted molar refractivity (Wildman–Crippen MR) is 79.3 cm³/mol. The fraction of sp³-hybridized carbons (Fsp3) is 0.533. The molecule has 1 aliphatic heterocycles. The van der Waals surface area contributed by atoms with Crippen LogP contribution in [0.3, 0.4) is 0 Å². The fourth-order valence-corrected chi connectivity index (χ4v) is 2.58. The van der Waals surface area contributed by atoms with E-state index in [0.29, 0.717) is 0 Å². The average Bonchev–Trinajstić information content (AvgIpc) is 2.49. The zero-order valence-corrected chi connectivity index (χ0v) is 12.1. The van der Waals surface area contributed by atoms with Gasteiger partial charge in [-0.25, -0.2) is 8.78 Å². The monoisotopic (exact) mass is 297 g/mol. The summed E-state index contributed by atoms with van der Waals surface area (Å²) in [6.07, 6.45) is 0.512. The highest BCUT2D eigenvalue weighted by Crippen LogP contribution is 2.29. The van der Waals surface area contributed by atoms with Crippen LogP contribution in [0.15, 0.2) is 18.2 Å². The van der Waals surface area contributed by atoms with E-state index in [-0.39, 0.29) is 22.8 Å². The van der Waals surface area contributed by atoms with E-state index < -0.39 is 12.5 Å². The molecule has 1 aromatic carbocycles. The number of hydrogen-bond acceptors (Lipinski definition) is 3. The summed E-state index contributed by atoms with van der Waals surface area (Å²) >= 11 is 0. The highest BCUT2D eigenvalue weighted by Gasteiger charge is 2.23. The summed E-state index contributed by atoms with van der Waals surface area (Å²) in [5.74, 6) is -0.0493. The molecule has 1 saturated heterocycles. The number of nitrogens with zero attached hydrogens (tertiary/aromatic N) is 1. The largest absolute Gasteiger partial charge is 0.399 e. The molecule has 2 rings (SSSR count). The van der Waals surface area contributed by atoms with Crippen LogP contribution in [-0.4, -0.2) is 29.9 Å². The Balaban J connectivity index is 2.08. The number of rotatable bonds is 4. The molecule has 0 spiro atoms. The van der Waals surface area contributed by atoms with Crippen LogP contribution >= 0.6 is 0 Å². The van der Waals surface area contributed by atoms with Gasteiger partial charge >= 0.3 is 0 Å². The van der Waals surface area contributed by atoms with Gasteiger partial charge in [0.15, 0.2) is 0 Å². The smallest absolute Gasteiger partial charge is 0.265 e. The van der Waals surface area contributed by atoms with Gasteiger partial charge in [-0.2, -0.15) is 0 Å². The van der Waals surface area contributed by atoms with Gasteiger partial charge in [0.2, 0.25) is 5.91 Å². The summed E-state index contributed by atoms with van der Waals surface area (Å²) in [6.45, 7) is 3.19. The Morgan fingerprint density at radius 2 is 1.95 bits per heavy atom. The summed E-state index contributed by atoms with van der Waals surface area (Å²) in [4.78, 5) is 14.1. The maximum Gasteiger partial charge on any atom is 0.265 e. The Morgan fingerprint density at radius 1 is 1.29 bits per heavy atom. The first-order valence-corrected chi connectivity index (χ1v) is 7.22. The number of hydrogen-bond donors (Lipinski definition) is 2. The van der Waals surface area contributed by atoms with E-state index in [9.17, 15) is 13.6 Å². The van der Waals surface area contributed by atoms with Gasteiger partial charge in [0.1, 0.15) is 6.04 Å². The Kier molecular flexibility index (Phi) is 4.98. The van der Waals surface area contributed by atoms with Gasteiger partial charge in [0, 0.05) is 30.0 Å². The second-order valence-electron chi connectivity index (χ2n) is 5.40. The van der Waals surface area contributed by atoms with Crippen molar-refractivity contribution < 1.29 is 13.6 Å². The van der Waals surface area contributed by atoms with Gasteiger partial charge in [-0.1, -0.05) is 0 Å². The molecule has 1 aromatic rings. The lowest BCUT2D eigenvalue weighted by atomic mass is 10.1. The number of likely N-dealkylation sites (tertiary alicyclic amines) is 1. The van der Waals surface area contributed by atoms with Gasteiger partial charge < -0.3 is 16.0 Å². The molecule has 1 atom stereocenters. The molecule has 21 heavy (non-hydrogen) atoms. The number of nitrogen functional groups attached to an aromatic ring is 1. The number of carbonyl (C=O) groups excluding carboxylic acids is 1. The first-order chi connectivity index (χ1) is 9.99. The van der Waals surface area contributed by atoms with Crippen LogP contribution in [0.5, 0.6) is 0 Å². The molecule has 0 saturated carbocycles. The SMILES string of the molecule is CC(Nc1ccc(N)cc1C(F)F)C(=O)N1CCCCC1. The van der Waals surface area contributed by atoms with E-state index in [1.54, 1.807) is 17.9 Å². The molecule has 0 aromatic heterocycles. The van der Waals surface area contributed by atoms with E-state index >= 15 is 0 Å². The van der Waals surface area contributed by atoms with Gasteiger partial charge in [0.25, 0.3) is 6.43 Å². The Morgan fingerprint density at radius 3 is 2.57 bits per heavy atom. The number of piperidine rings is 1. The summed E-state index contributed by atoms with van der Waals surface area (Å²) < 4.78 is 26.0. The summed E-state index contributed by atoms with van der Waals surface area (Å²) in [5, 5.41) is 2.89. The molecular formula is C15H21F2N3O. The number of nitrogens with two attached hydrogens (primary N) is 1. The minimum atomic E-state index is -2.63. The number of nitrogens with one attached hydrogen (secondary N) is 1. The van der Waals surface area contributed by atoms with Crippen molar-refractivity contribution in [3.8, 4) is 0 Å². The van der Waals surface area contributed by atoms with Crippen LogP contribution in [0, 0.1) is 0 Å². The second-order valence-corrected chi connectivity index (χ2v) is 5.40. The molecule has 1 unspecified atom stereocenters. The van der Waals surface area contributed by atoms with E-state index in [2.05, 4.69) is 5.32 Å². The third-order valence-corrected chi connectivity index (χ3v) is 3.72. The predicted octanol–water partition coefficient (Wildman–Crippen LogP) is 3.02. The molecule has 116 valence electrons. The van der Waals surface area contributed by atoms with Crippen molar-refractivity contribution in [2.24, 2.45) is 0 Å². The summed E-state index contributed by atoms with van der Waals surface area (Å²) in [6, 6.07) is 3.75. The normalized spacial score (nSPS) is 16.9. The Labute approximate surface area is 123 Å². The number of carbonyl (C=O) groups is 1. The number of halogens is 2. The molecule has 0 bridgehead atoms. The van der Waals surface area contributed by atoms with Crippen molar-refractivity contribution >= 4 is 17.3 Å². The highest BCUT2D eigenvalue weighted by molar-refractivity contribution is 5.84. The molecule has 1 heterocycles. The van der Waals surface area contributed by atoms with Crippen LogP contribution in [-0.2, 0) is 4.79 Å².